The molecule has 1 amide bonds. The van der Waals surface area contributed by atoms with Gasteiger partial charge in [-0.2, -0.15) is 0 Å². The van der Waals surface area contributed by atoms with Gasteiger partial charge in [-0.15, -0.1) is 6.42 Å². The van der Waals surface area contributed by atoms with Gasteiger partial charge in [-0.25, -0.2) is 4.79 Å². The molecule has 1 rings (SSSR count). The van der Waals surface area contributed by atoms with Gasteiger partial charge in [0.15, 0.2) is 0 Å². The van der Waals surface area contributed by atoms with Crippen molar-refractivity contribution in [2.45, 2.75) is 77.9 Å². The Kier molecular flexibility index (Phi) is 4.55. The number of terminal acetylenes is 1. The molecule has 1 aliphatic carbocycles. The van der Waals surface area contributed by atoms with Gasteiger partial charge in [0.05, 0.1) is 5.54 Å². The number of carbonyl (C=O) groups is 1. The first kappa shape index (κ1) is 15.9. The second-order valence-electron chi connectivity index (χ2n) is 7.04. The minimum Gasteiger partial charge on any atom is -0.444 e. The summed E-state index contributed by atoms with van der Waals surface area (Å²) in [7, 11) is 0. The van der Waals surface area contributed by atoms with Crippen molar-refractivity contribution in [3.05, 3.63) is 0 Å². The van der Waals surface area contributed by atoms with Crippen molar-refractivity contribution in [2.24, 2.45) is 5.41 Å². The van der Waals surface area contributed by atoms with Crippen molar-refractivity contribution < 1.29 is 9.53 Å². The molecule has 0 aromatic heterocycles. The van der Waals surface area contributed by atoms with E-state index in [2.05, 4.69) is 11.2 Å². The lowest BCUT2D eigenvalue weighted by molar-refractivity contribution is 0.0308. The lowest BCUT2D eigenvalue weighted by atomic mass is 9.65. The van der Waals surface area contributed by atoms with E-state index in [1.165, 1.54) is 6.42 Å². The van der Waals surface area contributed by atoms with Crippen LogP contribution in [-0.2, 0) is 4.74 Å². The third kappa shape index (κ3) is 3.89. The number of ether oxygens (including phenoxy) is 1. The average molecular weight is 265 g/mol. The molecule has 0 spiro atoms. The predicted octanol–water partition coefficient (Wildman–Crippen LogP) is 3.87. The second kappa shape index (κ2) is 5.45. The summed E-state index contributed by atoms with van der Waals surface area (Å²) in [4.78, 5) is 12.1. The van der Waals surface area contributed by atoms with E-state index in [0.29, 0.717) is 0 Å². The Morgan fingerprint density at radius 1 is 1.16 bits per heavy atom. The molecule has 108 valence electrons. The third-order valence-electron chi connectivity index (χ3n) is 4.00. The van der Waals surface area contributed by atoms with Gasteiger partial charge in [-0.05, 0) is 47.5 Å². The van der Waals surface area contributed by atoms with E-state index in [4.69, 9.17) is 11.2 Å². The first-order valence-electron chi connectivity index (χ1n) is 7.11. The average Bonchev–Trinajstić information content (AvgIpc) is 2.27. The normalized spacial score (nSPS) is 19.4. The maximum atomic E-state index is 12.1. The highest BCUT2D eigenvalue weighted by molar-refractivity contribution is 5.69. The highest BCUT2D eigenvalue weighted by atomic mass is 16.6. The Morgan fingerprint density at radius 3 is 2.11 bits per heavy atom. The summed E-state index contributed by atoms with van der Waals surface area (Å²) < 4.78 is 5.39. The van der Waals surface area contributed by atoms with E-state index in [-0.39, 0.29) is 17.0 Å². The zero-order chi connectivity index (χ0) is 14.7. The van der Waals surface area contributed by atoms with E-state index in [0.717, 1.165) is 25.7 Å². The minimum atomic E-state index is -0.486. The van der Waals surface area contributed by atoms with Gasteiger partial charge in [0.2, 0.25) is 0 Å². The van der Waals surface area contributed by atoms with Crippen LogP contribution < -0.4 is 5.32 Å². The SMILES string of the molecule is C#CC(C)(C)C1(NC(=O)OC(C)(C)C)CCCCC1. The van der Waals surface area contributed by atoms with E-state index in [1.54, 1.807) is 0 Å². The monoisotopic (exact) mass is 265 g/mol. The largest absolute Gasteiger partial charge is 0.444 e. The van der Waals surface area contributed by atoms with Crippen LogP contribution in [0.15, 0.2) is 0 Å². The Bertz CT molecular complexity index is 365. The fraction of sp³-hybridized carbons (Fsp3) is 0.812. The smallest absolute Gasteiger partial charge is 0.408 e. The summed E-state index contributed by atoms with van der Waals surface area (Å²) in [5, 5.41) is 3.08. The molecule has 1 fully saturated rings. The van der Waals surface area contributed by atoms with Gasteiger partial charge in [-0.3, -0.25) is 0 Å². The van der Waals surface area contributed by atoms with Crippen molar-refractivity contribution in [3.63, 3.8) is 0 Å². The van der Waals surface area contributed by atoms with Crippen molar-refractivity contribution in [1.29, 1.82) is 0 Å². The maximum Gasteiger partial charge on any atom is 0.408 e. The number of rotatable bonds is 2. The van der Waals surface area contributed by atoms with E-state index in [9.17, 15) is 4.79 Å². The number of nitrogens with one attached hydrogen (secondary N) is 1. The minimum absolute atomic E-state index is 0.345. The molecule has 0 atom stereocenters. The summed E-state index contributed by atoms with van der Waals surface area (Å²) in [5.74, 6) is 2.85. The van der Waals surface area contributed by atoms with Gasteiger partial charge in [0.25, 0.3) is 0 Å². The summed E-state index contributed by atoms with van der Waals surface area (Å²) >= 11 is 0. The summed E-state index contributed by atoms with van der Waals surface area (Å²) in [6.45, 7) is 9.65. The second-order valence-corrected chi connectivity index (χ2v) is 7.04. The van der Waals surface area contributed by atoms with Crippen LogP contribution in [0.3, 0.4) is 0 Å². The first-order valence-corrected chi connectivity index (χ1v) is 7.11. The van der Waals surface area contributed by atoms with Crippen LogP contribution in [0.5, 0.6) is 0 Å². The van der Waals surface area contributed by atoms with Gasteiger partial charge in [0.1, 0.15) is 5.60 Å². The molecule has 0 aromatic carbocycles. The fourth-order valence-corrected chi connectivity index (χ4v) is 2.70. The molecule has 0 bridgehead atoms. The van der Waals surface area contributed by atoms with Gasteiger partial charge in [0, 0.05) is 5.41 Å². The molecular formula is C16H27NO2. The molecule has 0 aromatic rings. The number of hydrogen-bond donors (Lipinski definition) is 1. The Balaban J connectivity index is 2.88. The zero-order valence-corrected chi connectivity index (χ0v) is 12.9. The van der Waals surface area contributed by atoms with Crippen LogP contribution in [0.1, 0.15) is 66.7 Å². The van der Waals surface area contributed by atoms with E-state index >= 15 is 0 Å². The molecule has 3 heteroatoms. The molecule has 0 radical (unpaired) electrons. The third-order valence-corrected chi connectivity index (χ3v) is 4.00. The molecule has 0 unspecified atom stereocenters. The molecule has 1 saturated carbocycles. The van der Waals surface area contributed by atoms with Crippen molar-refractivity contribution in [1.82, 2.24) is 5.32 Å². The lowest BCUT2D eigenvalue weighted by Crippen LogP contribution is -2.59. The van der Waals surface area contributed by atoms with Gasteiger partial charge < -0.3 is 10.1 Å². The maximum absolute atomic E-state index is 12.1. The van der Waals surface area contributed by atoms with Crippen LogP contribution >= 0.6 is 0 Å². The van der Waals surface area contributed by atoms with Crippen LogP contribution in [0.2, 0.25) is 0 Å². The summed E-state index contributed by atoms with van der Waals surface area (Å²) in [6, 6.07) is 0. The number of alkyl carbamates (subject to hydrolysis) is 1. The lowest BCUT2D eigenvalue weighted by Gasteiger charge is -2.47. The van der Waals surface area contributed by atoms with E-state index in [1.807, 2.05) is 34.6 Å². The molecule has 0 aliphatic heterocycles. The Labute approximate surface area is 117 Å². The van der Waals surface area contributed by atoms with E-state index < -0.39 is 5.60 Å². The topological polar surface area (TPSA) is 38.3 Å². The van der Waals surface area contributed by atoms with Crippen LogP contribution in [-0.4, -0.2) is 17.2 Å². The first-order chi connectivity index (χ1) is 8.62. The number of carbonyl (C=O) groups excluding carboxylic acids is 1. The highest BCUT2D eigenvalue weighted by Gasteiger charge is 2.46. The van der Waals surface area contributed by atoms with Crippen molar-refractivity contribution >= 4 is 6.09 Å². The Morgan fingerprint density at radius 2 is 1.68 bits per heavy atom. The highest BCUT2D eigenvalue weighted by Crippen LogP contribution is 2.42. The summed E-state index contributed by atoms with van der Waals surface area (Å²) in [6.07, 6.45) is 10.6. The number of hydrogen-bond acceptors (Lipinski definition) is 2. The zero-order valence-electron chi connectivity index (χ0n) is 12.9. The Hall–Kier alpha value is -1.17. The molecule has 0 saturated heterocycles. The molecule has 3 nitrogen and oxygen atoms in total. The molecule has 1 aliphatic rings. The van der Waals surface area contributed by atoms with Crippen molar-refractivity contribution in [3.8, 4) is 12.3 Å². The molecule has 0 heterocycles. The standard InChI is InChI=1S/C16H27NO2/c1-7-15(5,6)16(11-9-8-10-12-16)17-13(18)19-14(2,3)4/h1H,8-12H2,2-6H3,(H,17,18). The number of amides is 1. The van der Waals surface area contributed by atoms with Gasteiger partial charge >= 0.3 is 6.09 Å². The molecular weight excluding hydrogens is 238 g/mol. The fourth-order valence-electron chi connectivity index (χ4n) is 2.70. The van der Waals surface area contributed by atoms with Crippen LogP contribution in [0, 0.1) is 17.8 Å². The van der Waals surface area contributed by atoms with Crippen LogP contribution in [0.4, 0.5) is 4.79 Å². The summed E-state index contributed by atoms with van der Waals surface area (Å²) in [5.41, 5.74) is -1.20. The van der Waals surface area contributed by atoms with Crippen molar-refractivity contribution in [2.75, 3.05) is 0 Å². The molecule has 19 heavy (non-hydrogen) atoms. The molecule has 1 N–H and O–H groups in total. The van der Waals surface area contributed by atoms with Crippen LogP contribution in [0.25, 0.3) is 0 Å². The predicted molar refractivity (Wildman–Crippen MR) is 77.8 cm³/mol. The quantitative estimate of drug-likeness (QED) is 0.770. The van der Waals surface area contributed by atoms with Gasteiger partial charge in [-0.1, -0.05) is 25.2 Å².